The molecule has 0 saturated carbocycles. The van der Waals surface area contributed by atoms with Crippen molar-refractivity contribution < 1.29 is 4.79 Å². The van der Waals surface area contributed by atoms with E-state index < -0.39 is 5.41 Å². The average Bonchev–Trinajstić information content (AvgIpc) is 3.32. The number of thiophene rings is 1. The minimum atomic E-state index is -0.640. The van der Waals surface area contributed by atoms with Crippen LogP contribution in [0.25, 0.3) is 11.4 Å². The Morgan fingerprint density at radius 2 is 1.96 bits per heavy atom. The van der Waals surface area contributed by atoms with Gasteiger partial charge in [-0.2, -0.15) is 16.1 Å². The molecule has 2 aromatic heterocycles. The number of hydrogen-bond donors (Lipinski definition) is 1. The zero-order valence-electron chi connectivity index (χ0n) is 16.0. The zero-order valence-corrected chi connectivity index (χ0v) is 16.8. The third-order valence-electron chi connectivity index (χ3n) is 4.39. The summed E-state index contributed by atoms with van der Waals surface area (Å²) >= 11 is 1.62. The molecular formula is C20H25N5OS. The number of aromatic nitrogens is 4. The molecule has 1 amide bonds. The Kier molecular flexibility index (Phi) is 6.01. The van der Waals surface area contributed by atoms with Crippen molar-refractivity contribution in [2.45, 2.75) is 46.7 Å². The van der Waals surface area contributed by atoms with Gasteiger partial charge >= 0.3 is 0 Å². The molecule has 0 unspecified atom stereocenters. The van der Waals surface area contributed by atoms with Crippen molar-refractivity contribution in [2.75, 3.05) is 0 Å². The minimum Gasteiger partial charge on any atom is -0.351 e. The molecule has 0 aliphatic rings. The van der Waals surface area contributed by atoms with E-state index in [4.69, 9.17) is 0 Å². The fourth-order valence-corrected chi connectivity index (χ4v) is 3.44. The van der Waals surface area contributed by atoms with E-state index in [0.29, 0.717) is 18.9 Å². The monoisotopic (exact) mass is 383 g/mol. The molecule has 0 aliphatic heterocycles. The lowest BCUT2D eigenvalue weighted by Crippen LogP contribution is -2.39. The highest BCUT2D eigenvalue weighted by Gasteiger charge is 2.29. The molecule has 0 atom stereocenters. The maximum Gasteiger partial charge on any atom is 0.227 e. The second kappa shape index (κ2) is 8.43. The summed E-state index contributed by atoms with van der Waals surface area (Å²) in [5.41, 5.74) is 2.70. The predicted molar refractivity (Wildman–Crippen MR) is 107 cm³/mol. The molecule has 3 rings (SSSR count). The van der Waals surface area contributed by atoms with Gasteiger partial charge < -0.3 is 5.32 Å². The van der Waals surface area contributed by atoms with Gasteiger partial charge in [-0.05, 0) is 53.4 Å². The Labute approximate surface area is 163 Å². The van der Waals surface area contributed by atoms with Crippen molar-refractivity contribution in [3.8, 4) is 11.4 Å². The van der Waals surface area contributed by atoms with Crippen molar-refractivity contribution in [1.82, 2.24) is 25.5 Å². The molecule has 0 saturated heterocycles. The molecule has 6 nitrogen and oxygen atoms in total. The second-order valence-electron chi connectivity index (χ2n) is 7.29. The van der Waals surface area contributed by atoms with Crippen molar-refractivity contribution >= 4 is 17.2 Å². The Bertz CT molecular complexity index is 868. The number of tetrazole rings is 1. The third kappa shape index (κ3) is 5.01. The van der Waals surface area contributed by atoms with Crippen molar-refractivity contribution in [3.05, 3.63) is 52.2 Å². The van der Waals surface area contributed by atoms with Gasteiger partial charge in [-0.3, -0.25) is 4.79 Å². The van der Waals surface area contributed by atoms with E-state index in [1.807, 2.05) is 42.8 Å². The average molecular weight is 384 g/mol. The molecule has 0 radical (unpaired) electrons. The van der Waals surface area contributed by atoms with Crippen LogP contribution in [0.4, 0.5) is 0 Å². The van der Waals surface area contributed by atoms with Gasteiger partial charge in [-0.1, -0.05) is 37.6 Å². The van der Waals surface area contributed by atoms with Crippen molar-refractivity contribution in [1.29, 1.82) is 0 Å². The maximum absolute atomic E-state index is 12.5. The van der Waals surface area contributed by atoms with Gasteiger partial charge in [0.25, 0.3) is 0 Å². The summed E-state index contributed by atoms with van der Waals surface area (Å²) in [5.74, 6) is 0.545. The van der Waals surface area contributed by atoms with E-state index >= 15 is 0 Å². The zero-order chi connectivity index (χ0) is 19.3. The largest absolute Gasteiger partial charge is 0.351 e. The highest BCUT2D eigenvalue weighted by molar-refractivity contribution is 7.07. The van der Waals surface area contributed by atoms with Gasteiger partial charge in [0.1, 0.15) is 0 Å². The number of carbonyl (C=O) groups excluding carboxylic acids is 1. The van der Waals surface area contributed by atoms with Crippen LogP contribution in [0.3, 0.4) is 0 Å². The summed E-state index contributed by atoms with van der Waals surface area (Å²) in [6.45, 7) is 6.84. The van der Waals surface area contributed by atoms with Crippen LogP contribution in [0.1, 0.15) is 38.3 Å². The first kappa shape index (κ1) is 19.2. The Morgan fingerprint density at radius 1 is 1.19 bits per heavy atom. The van der Waals surface area contributed by atoms with Crippen LogP contribution in [0, 0.1) is 5.41 Å². The molecule has 3 aromatic rings. The van der Waals surface area contributed by atoms with E-state index in [0.717, 1.165) is 24.0 Å². The first-order chi connectivity index (χ1) is 13.0. The number of amides is 1. The van der Waals surface area contributed by atoms with Gasteiger partial charge in [0.05, 0.1) is 12.0 Å². The second-order valence-corrected chi connectivity index (χ2v) is 8.07. The summed E-state index contributed by atoms with van der Waals surface area (Å²) in [5, 5.41) is 19.7. The number of aryl methyl sites for hydroxylation is 1. The van der Waals surface area contributed by atoms with Gasteiger partial charge in [-0.15, -0.1) is 10.2 Å². The number of carbonyl (C=O) groups is 1. The SMILES string of the molecule is CCCc1ccc(-c2nnn(CC(C)(C)C(=O)NCc3ccsc3)n2)cc1. The van der Waals surface area contributed by atoms with E-state index in [2.05, 4.69) is 39.8 Å². The molecule has 1 N–H and O–H groups in total. The normalized spacial score (nSPS) is 11.5. The molecule has 142 valence electrons. The first-order valence-corrected chi connectivity index (χ1v) is 10.1. The lowest BCUT2D eigenvalue weighted by Gasteiger charge is -2.22. The van der Waals surface area contributed by atoms with Crippen LogP contribution in [-0.2, 0) is 24.3 Å². The Balaban J connectivity index is 1.62. The molecule has 0 fully saturated rings. The molecule has 0 spiro atoms. The fraction of sp³-hybridized carbons (Fsp3) is 0.400. The lowest BCUT2D eigenvalue weighted by atomic mass is 9.92. The topological polar surface area (TPSA) is 72.7 Å². The molecule has 0 aliphatic carbocycles. The summed E-state index contributed by atoms with van der Waals surface area (Å²) in [6.07, 6.45) is 2.19. The standard InChI is InChI=1S/C20H25N5OS/c1-4-5-15-6-8-17(9-7-15)18-22-24-25(23-18)14-20(2,3)19(26)21-12-16-10-11-27-13-16/h6-11,13H,4-5,12,14H2,1-3H3,(H,21,26). The highest BCUT2D eigenvalue weighted by Crippen LogP contribution is 2.20. The van der Waals surface area contributed by atoms with E-state index in [1.54, 1.807) is 11.3 Å². The smallest absolute Gasteiger partial charge is 0.227 e. The molecule has 1 aromatic carbocycles. The predicted octanol–water partition coefficient (Wildman–Crippen LogP) is 3.70. The highest BCUT2D eigenvalue weighted by atomic mass is 32.1. The Morgan fingerprint density at radius 3 is 2.63 bits per heavy atom. The summed E-state index contributed by atoms with van der Waals surface area (Å²) in [6, 6.07) is 10.2. The quantitative estimate of drug-likeness (QED) is 0.644. The third-order valence-corrected chi connectivity index (χ3v) is 5.12. The molecule has 2 heterocycles. The molecule has 7 heteroatoms. The summed E-state index contributed by atoms with van der Waals surface area (Å²) in [4.78, 5) is 14.0. The summed E-state index contributed by atoms with van der Waals surface area (Å²) < 4.78 is 0. The van der Waals surface area contributed by atoms with E-state index in [-0.39, 0.29) is 5.91 Å². The van der Waals surface area contributed by atoms with Gasteiger partial charge in [0, 0.05) is 12.1 Å². The van der Waals surface area contributed by atoms with Crippen LogP contribution in [0.15, 0.2) is 41.1 Å². The minimum absolute atomic E-state index is 0.0310. The fourth-order valence-electron chi connectivity index (χ4n) is 2.78. The number of rotatable bonds is 8. The van der Waals surface area contributed by atoms with Crippen molar-refractivity contribution in [3.63, 3.8) is 0 Å². The van der Waals surface area contributed by atoms with Crippen LogP contribution in [-0.4, -0.2) is 26.1 Å². The number of nitrogens with one attached hydrogen (secondary N) is 1. The number of nitrogens with zero attached hydrogens (tertiary/aromatic N) is 4. The maximum atomic E-state index is 12.5. The van der Waals surface area contributed by atoms with E-state index in [9.17, 15) is 4.79 Å². The summed E-state index contributed by atoms with van der Waals surface area (Å²) in [7, 11) is 0. The molecule has 27 heavy (non-hydrogen) atoms. The van der Waals surface area contributed by atoms with Crippen LogP contribution >= 0.6 is 11.3 Å². The Hall–Kier alpha value is -2.54. The number of benzene rings is 1. The number of hydrogen-bond acceptors (Lipinski definition) is 5. The van der Waals surface area contributed by atoms with Gasteiger partial charge in [-0.25, -0.2) is 0 Å². The lowest BCUT2D eigenvalue weighted by molar-refractivity contribution is -0.130. The van der Waals surface area contributed by atoms with Crippen LogP contribution < -0.4 is 5.32 Å². The van der Waals surface area contributed by atoms with Crippen LogP contribution in [0.2, 0.25) is 0 Å². The van der Waals surface area contributed by atoms with E-state index in [1.165, 1.54) is 10.4 Å². The van der Waals surface area contributed by atoms with Gasteiger partial charge in [0.15, 0.2) is 0 Å². The first-order valence-electron chi connectivity index (χ1n) is 9.14. The van der Waals surface area contributed by atoms with Gasteiger partial charge in [0.2, 0.25) is 11.7 Å². The molecular weight excluding hydrogens is 358 g/mol. The van der Waals surface area contributed by atoms with Crippen LogP contribution in [0.5, 0.6) is 0 Å². The van der Waals surface area contributed by atoms with Crippen molar-refractivity contribution in [2.24, 2.45) is 5.41 Å². The molecule has 0 bridgehead atoms.